The van der Waals surface area contributed by atoms with Crippen molar-refractivity contribution in [3.8, 4) is 0 Å². The molecule has 3 rings (SSSR count). The van der Waals surface area contributed by atoms with Gasteiger partial charge in [0.25, 0.3) is 0 Å². The highest BCUT2D eigenvalue weighted by atomic mass is 16.3. The summed E-state index contributed by atoms with van der Waals surface area (Å²) in [6.07, 6.45) is 5.24. The van der Waals surface area contributed by atoms with Gasteiger partial charge in [0.15, 0.2) is 0 Å². The van der Waals surface area contributed by atoms with Gasteiger partial charge in [-0.05, 0) is 30.0 Å². The first-order valence-corrected chi connectivity index (χ1v) is 8.32. The van der Waals surface area contributed by atoms with Crippen molar-refractivity contribution in [3.63, 3.8) is 0 Å². The minimum atomic E-state index is -0.370. The average Bonchev–Trinajstić information content (AvgIpc) is 2.67. The molecule has 0 bridgehead atoms. The first-order chi connectivity index (χ1) is 11.7. The summed E-state index contributed by atoms with van der Waals surface area (Å²) in [5, 5.41) is 13.0. The number of nitrogens with one attached hydrogen (secondary N) is 1. The van der Waals surface area contributed by atoms with Crippen LogP contribution in [0.3, 0.4) is 0 Å². The Balaban J connectivity index is 1.67. The Kier molecular flexibility index (Phi) is 5.11. The molecule has 1 aliphatic rings. The lowest BCUT2D eigenvalue weighted by atomic mass is 9.75. The number of hydrogen-bond donors (Lipinski definition) is 2. The van der Waals surface area contributed by atoms with E-state index in [2.05, 4.69) is 10.3 Å². The zero-order valence-corrected chi connectivity index (χ0v) is 13.7. The van der Waals surface area contributed by atoms with E-state index in [0.717, 1.165) is 24.0 Å². The third kappa shape index (κ3) is 3.57. The number of rotatable bonds is 4. The van der Waals surface area contributed by atoms with Gasteiger partial charge in [0.2, 0.25) is 0 Å². The Morgan fingerprint density at radius 1 is 1.25 bits per heavy atom. The van der Waals surface area contributed by atoms with E-state index in [1.54, 1.807) is 12.4 Å². The number of likely N-dealkylation sites (tertiary alicyclic amines) is 1. The quantitative estimate of drug-likeness (QED) is 0.907. The minimum absolute atomic E-state index is 0.0450. The van der Waals surface area contributed by atoms with Crippen LogP contribution < -0.4 is 5.32 Å². The van der Waals surface area contributed by atoms with Crippen LogP contribution in [-0.2, 0) is 12.0 Å². The van der Waals surface area contributed by atoms with Crippen LogP contribution in [0, 0.1) is 0 Å². The Bertz CT molecular complexity index is 663. The third-order valence-corrected chi connectivity index (χ3v) is 4.72. The van der Waals surface area contributed by atoms with Crippen molar-refractivity contribution < 1.29 is 9.90 Å². The number of carbonyl (C=O) groups excluding carboxylic acids is 1. The third-order valence-electron chi connectivity index (χ3n) is 4.72. The molecule has 2 aromatic rings. The van der Waals surface area contributed by atoms with Crippen molar-refractivity contribution in [1.29, 1.82) is 0 Å². The fourth-order valence-electron chi connectivity index (χ4n) is 3.34. The van der Waals surface area contributed by atoms with Crippen molar-refractivity contribution in [2.75, 3.05) is 19.7 Å². The molecule has 2 amide bonds. The van der Waals surface area contributed by atoms with Gasteiger partial charge in [-0.1, -0.05) is 36.4 Å². The Morgan fingerprint density at radius 3 is 2.79 bits per heavy atom. The Morgan fingerprint density at radius 2 is 2.08 bits per heavy atom. The summed E-state index contributed by atoms with van der Waals surface area (Å²) >= 11 is 0. The average molecular weight is 325 g/mol. The predicted molar refractivity (Wildman–Crippen MR) is 92.5 cm³/mol. The van der Waals surface area contributed by atoms with E-state index in [1.165, 1.54) is 0 Å². The van der Waals surface area contributed by atoms with Crippen molar-refractivity contribution in [2.45, 2.75) is 24.8 Å². The van der Waals surface area contributed by atoms with Gasteiger partial charge >= 0.3 is 6.03 Å². The van der Waals surface area contributed by atoms with Gasteiger partial charge in [0.05, 0.1) is 6.61 Å². The van der Waals surface area contributed by atoms with E-state index in [9.17, 15) is 9.90 Å². The molecule has 1 aliphatic heterocycles. The molecule has 1 aromatic heterocycles. The molecule has 2 N–H and O–H groups in total. The molecule has 0 radical (unpaired) electrons. The van der Waals surface area contributed by atoms with Crippen LogP contribution in [0.15, 0.2) is 54.9 Å². The van der Waals surface area contributed by atoms with E-state index in [0.29, 0.717) is 19.6 Å². The van der Waals surface area contributed by atoms with E-state index < -0.39 is 0 Å². The standard InChI is InChI=1S/C19H23N3O2/c23-15-19(17-7-2-1-3-8-17)9-5-11-22(14-19)18(24)21-13-16-6-4-10-20-12-16/h1-4,6-8,10,12,23H,5,9,11,13-15H2,(H,21,24). The zero-order chi connectivity index (χ0) is 16.8. The first kappa shape index (κ1) is 16.5. The fraction of sp³-hybridized carbons (Fsp3) is 0.368. The van der Waals surface area contributed by atoms with Crippen molar-refractivity contribution in [2.24, 2.45) is 0 Å². The molecular formula is C19H23N3O2. The number of hydrogen-bond acceptors (Lipinski definition) is 3. The van der Waals surface area contributed by atoms with Gasteiger partial charge in [-0.15, -0.1) is 0 Å². The number of pyridine rings is 1. The van der Waals surface area contributed by atoms with Gasteiger partial charge in [-0.3, -0.25) is 4.98 Å². The van der Waals surface area contributed by atoms with Crippen molar-refractivity contribution >= 4 is 6.03 Å². The molecule has 24 heavy (non-hydrogen) atoms. The predicted octanol–water partition coefficient (Wildman–Crippen LogP) is 2.32. The van der Waals surface area contributed by atoms with Crippen LogP contribution >= 0.6 is 0 Å². The summed E-state index contributed by atoms with van der Waals surface area (Å²) in [5.41, 5.74) is 1.70. The second-order valence-electron chi connectivity index (χ2n) is 6.35. The topological polar surface area (TPSA) is 65.5 Å². The molecule has 5 heteroatoms. The number of aromatic nitrogens is 1. The molecule has 0 aliphatic carbocycles. The Labute approximate surface area is 142 Å². The van der Waals surface area contributed by atoms with Gasteiger partial charge in [-0.25, -0.2) is 4.79 Å². The van der Waals surface area contributed by atoms with Crippen LogP contribution in [-0.4, -0.2) is 40.7 Å². The second kappa shape index (κ2) is 7.45. The van der Waals surface area contributed by atoms with Crippen LogP contribution in [0.25, 0.3) is 0 Å². The SMILES string of the molecule is O=C(NCc1cccnc1)N1CCCC(CO)(c2ccccc2)C1. The van der Waals surface area contributed by atoms with Crippen molar-refractivity contribution in [3.05, 3.63) is 66.0 Å². The maximum absolute atomic E-state index is 12.5. The number of nitrogens with zero attached hydrogens (tertiary/aromatic N) is 2. The van der Waals surface area contributed by atoms with E-state index in [4.69, 9.17) is 0 Å². The Hall–Kier alpha value is -2.40. The minimum Gasteiger partial charge on any atom is -0.395 e. The lowest BCUT2D eigenvalue weighted by molar-refractivity contribution is 0.102. The number of piperidine rings is 1. The second-order valence-corrected chi connectivity index (χ2v) is 6.35. The molecule has 1 saturated heterocycles. The molecule has 1 unspecified atom stereocenters. The number of benzene rings is 1. The van der Waals surface area contributed by atoms with Gasteiger partial charge in [-0.2, -0.15) is 0 Å². The maximum atomic E-state index is 12.5. The van der Waals surface area contributed by atoms with E-state index in [-0.39, 0.29) is 18.1 Å². The molecule has 1 atom stereocenters. The normalized spacial score (nSPS) is 20.6. The van der Waals surface area contributed by atoms with Gasteiger partial charge in [0, 0.05) is 37.4 Å². The summed E-state index contributed by atoms with van der Waals surface area (Å²) in [5.74, 6) is 0. The highest BCUT2D eigenvalue weighted by Crippen LogP contribution is 2.33. The highest BCUT2D eigenvalue weighted by molar-refractivity contribution is 5.74. The summed E-state index contributed by atoms with van der Waals surface area (Å²) < 4.78 is 0. The molecule has 2 heterocycles. The van der Waals surface area contributed by atoms with Crippen LogP contribution in [0.4, 0.5) is 4.79 Å². The first-order valence-electron chi connectivity index (χ1n) is 8.32. The molecular weight excluding hydrogens is 302 g/mol. The summed E-state index contributed by atoms with van der Waals surface area (Å²) in [4.78, 5) is 18.4. The van der Waals surface area contributed by atoms with E-state index in [1.807, 2.05) is 47.4 Å². The number of carbonyl (C=O) groups is 1. The lowest BCUT2D eigenvalue weighted by Gasteiger charge is -2.42. The van der Waals surface area contributed by atoms with E-state index >= 15 is 0 Å². The van der Waals surface area contributed by atoms with Gasteiger partial charge < -0.3 is 15.3 Å². The highest BCUT2D eigenvalue weighted by Gasteiger charge is 2.38. The summed E-state index contributed by atoms with van der Waals surface area (Å²) in [7, 11) is 0. The number of aliphatic hydroxyl groups is 1. The molecule has 1 aromatic carbocycles. The van der Waals surface area contributed by atoms with Crippen LogP contribution in [0.1, 0.15) is 24.0 Å². The molecule has 1 fully saturated rings. The smallest absolute Gasteiger partial charge is 0.317 e. The fourth-order valence-corrected chi connectivity index (χ4v) is 3.34. The van der Waals surface area contributed by atoms with Crippen LogP contribution in [0.5, 0.6) is 0 Å². The molecule has 0 saturated carbocycles. The number of urea groups is 1. The van der Waals surface area contributed by atoms with Crippen molar-refractivity contribution in [1.82, 2.24) is 15.2 Å². The van der Waals surface area contributed by atoms with Crippen LogP contribution in [0.2, 0.25) is 0 Å². The number of amides is 2. The lowest BCUT2D eigenvalue weighted by Crippen LogP contribution is -2.53. The summed E-state index contributed by atoms with van der Waals surface area (Å²) in [6, 6.07) is 13.7. The maximum Gasteiger partial charge on any atom is 0.317 e. The number of aliphatic hydroxyl groups excluding tert-OH is 1. The largest absolute Gasteiger partial charge is 0.395 e. The molecule has 5 nitrogen and oxygen atoms in total. The monoisotopic (exact) mass is 325 g/mol. The molecule has 126 valence electrons. The summed E-state index contributed by atoms with van der Waals surface area (Å²) in [6.45, 7) is 1.75. The van der Waals surface area contributed by atoms with Gasteiger partial charge in [0.1, 0.15) is 0 Å². The zero-order valence-electron chi connectivity index (χ0n) is 13.7. The molecule has 0 spiro atoms.